The van der Waals surface area contributed by atoms with Crippen LogP contribution in [0.15, 0.2) is 121 Å². The monoisotopic (exact) mass is 694 g/mol. The normalized spacial score (nSPS) is 12.4. The van der Waals surface area contributed by atoms with Gasteiger partial charge in [-0.2, -0.15) is 0 Å². The number of anilines is 6. The number of benzene rings is 5. The Morgan fingerprint density at radius 1 is 0.365 bits per heavy atom. The molecule has 5 rings (SSSR count). The van der Waals surface area contributed by atoms with Crippen LogP contribution in [0, 0.1) is 13.8 Å². The molecule has 0 bridgehead atoms. The highest BCUT2D eigenvalue weighted by Gasteiger charge is 2.17. The van der Waals surface area contributed by atoms with Gasteiger partial charge in [-0.1, -0.05) is 138 Å². The SMILES string of the molecule is CCCCCCCC(N)c1ccc(N(c2ccc(C)cc2)c2ccc(N(c3ccc(C)cc3)c3ccc(C(N)CCCCCCC)cc3)cc2)cc1. The van der Waals surface area contributed by atoms with Crippen molar-refractivity contribution in [3.8, 4) is 0 Å². The summed E-state index contributed by atoms with van der Waals surface area (Å²) in [5.74, 6) is 0. The van der Waals surface area contributed by atoms with Gasteiger partial charge in [-0.25, -0.2) is 0 Å². The van der Waals surface area contributed by atoms with Crippen LogP contribution in [0.4, 0.5) is 34.1 Å². The van der Waals surface area contributed by atoms with E-state index in [0.29, 0.717) is 0 Å². The Morgan fingerprint density at radius 2 is 0.615 bits per heavy atom. The molecule has 0 spiro atoms. The molecule has 0 aromatic heterocycles. The van der Waals surface area contributed by atoms with Gasteiger partial charge in [-0.05, 0) is 111 Å². The minimum atomic E-state index is 0.0656. The van der Waals surface area contributed by atoms with E-state index in [0.717, 1.165) is 47.0 Å². The second-order valence-corrected chi connectivity index (χ2v) is 14.7. The van der Waals surface area contributed by atoms with Crippen molar-refractivity contribution >= 4 is 34.1 Å². The summed E-state index contributed by atoms with van der Waals surface area (Å²) in [4.78, 5) is 4.66. The smallest absolute Gasteiger partial charge is 0.0463 e. The predicted octanol–water partition coefficient (Wildman–Crippen LogP) is 14.0. The second-order valence-electron chi connectivity index (χ2n) is 14.7. The van der Waals surface area contributed by atoms with Crippen LogP contribution in [0.25, 0.3) is 0 Å². The zero-order valence-electron chi connectivity index (χ0n) is 32.2. The van der Waals surface area contributed by atoms with Crippen LogP contribution in [-0.2, 0) is 0 Å². The highest BCUT2D eigenvalue weighted by molar-refractivity contribution is 5.81. The van der Waals surface area contributed by atoms with Crippen molar-refractivity contribution in [2.75, 3.05) is 9.80 Å². The molecule has 5 aromatic rings. The summed E-state index contributed by atoms with van der Waals surface area (Å²) < 4.78 is 0. The van der Waals surface area contributed by atoms with Crippen molar-refractivity contribution in [3.05, 3.63) is 144 Å². The fraction of sp³-hybridized carbons (Fsp3) is 0.375. The van der Waals surface area contributed by atoms with Crippen LogP contribution >= 0.6 is 0 Å². The molecule has 0 aliphatic carbocycles. The fourth-order valence-electron chi connectivity index (χ4n) is 7.04. The van der Waals surface area contributed by atoms with Gasteiger partial charge in [0, 0.05) is 46.2 Å². The van der Waals surface area contributed by atoms with Crippen molar-refractivity contribution in [2.45, 2.75) is 117 Å². The Morgan fingerprint density at radius 3 is 0.904 bits per heavy atom. The molecule has 0 fully saturated rings. The molecule has 0 aliphatic rings. The number of hydrogen-bond acceptors (Lipinski definition) is 4. The third-order valence-electron chi connectivity index (χ3n) is 10.3. The molecule has 274 valence electrons. The molecule has 52 heavy (non-hydrogen) atoms. The summed E-state index contributed by atoms with van der Waals surface area (Å²) in [6, 6.07) is 44.3. The molecule has 4 heteroatoms. The zero-order valence-corrected chi connectivity index (χ0v) is 32.2. The van der Waals surface area contributed by atoms with Crippen molar-refractivity contribution < 1.29 is 0 Å². The summed E-state index contributed by atoms with van der Waals surface area (Å²) in [5, 5.41) is 0. The maximum atomic E-state index is 6.66. The lowest BCUT2D eigenvalue weighted by Crippen LogP contribution is -2.14. The first-order chi connectivity index (χ1) is 25.4. The minimum absolute atomic E-state index is 0.0656. The Bertz CT molecular complexity index is 1590. The van der Waals surface area contributed by atoms with E-state index in [9.17, 15) is 0 Å². The second kappa shape index (κ2) is 20.0. The van der Waals surface area contributed by atoms with Crippen molar-refractivity contribution in [3.63, 3.8) is 0 Å². The number of unbranched alkanes of at least 4 members (excludes halogenated alkanes) is 8. The van der Waals surface area contributed by atoms with Gasteiger partial charge in [0.25, 0.3) is 0 Å². The van der Waals surface area contributed by atoms with Crippen LogP contribution < -0.4 is 21.3 Å². The summed E-state index contributed by atoms with van der Waals surface area (Å²) in [6.45, 7) is 8.79. The van der Waals surface area contributed by atoms with Crippen LogP contribution in [0.3, 0.4) is 0 Å². The zero-order chi connectivity index (χ0) is 36.7. The quantitative estimate of drug-likeness (QED) is 0.0796. The number of rotatable bonds is 20. The highest BCUT2D eigenvalue weighted by Crippen LogP contribution is 2.40. The maximum Gasteiger partial charge on any atom is 0.0463 e. The number of hydrogen-bond donors (Lipinski definition) is 2. The number of aryl methyl sites for hydroxylation is 2. The van der Waals surface area contributed by atoms with E-state index in [2.05, 4.69) is 159 Å². The topological polar surface area (TPSA) is 58.5 Å². The Hall–Kier alpha value is -4.38. The molecule has 4 nitrogen and oxygen atoms in total. The molecule has 0 saturated heterocycles. The highest BCUT2D eigenvalue weighted by atomic mass is 15.2. The number of nitrogens with zero attached hydrogens (tertiary/aromatic N) is 2. The fourth-order valence-corrected chi connectivity index (χ4v) is 7.04. The van der Waals surface area contributed by atoms with E-state index >= 15 is 0 Å². The largest absolute Gasteiger partial charge is 0.324 e. The van der Waals surface area contributed by atoms with E-state index in [-0.39, 0.29) is 12.1 Å². The number of nitrogens with two attached hydrogens (primary N) is 2. The molecule has 0 heterocycles. The van der Waals surface area contributed by atoms with Crippen LogP contribution in [-0.4, -0.2) is 0 Å². The van der Waals surface area contributed by atoms with Gasteiger partial charge in [0.15, 0.2) is 0 Å². The summed E-state index contributed by atoms with van der Waals surface area (Å²) in [7, 11) is 0. The molecule has 0 amide bonds. The van der Waals surface area contributed by atoms with Gasteiger partial charge < -0.3 is 21.3 Å². The van der Waals surface area contributed by atoms with E-state index < -0.39 is 0 Å². The first-order valence-electron chi connectivity index (χ1n) is 19.9. The lowest BCUT2D eigenvalue weighted by Gasteiger charge is -2.29. The van der Waals surface area contributed by atoms with Crippen LogP contribution in [0.2, 0.25) is 0 Å². The van der Waals surface area contributed by atoms with Gasteiger partial charge in [0.2, 0.25) is 0 Å². The molecule has 0 saturated carbocycles. The van der Waals surface area contributed by atoms with E-state index in [1.807, 2.05) is 0 Å². The molecule has 0 radical (unpaired) electrons. The van der Waals surface area contributed by atoms with E-state index in [1.54, 1.807) is 0 Å². The Labute approximate surface area is 314 Å². The Kier molecular flexibility index (Phi) is 15.0. The lowest BCUT2D eigenvalue weighted by molar-refractivity contribution is 0.555. The van der Waals surface area contributed by atoms with Gasteiger partial charge in [0.1, 0.15) is 0 Å². The predicted molar refractivity (Wildman–Crippen MR) is 226 cm³/mol. The standard InChI is InChI=1S/C48H62N4/c1-5-7-9-11-13-15-47(49)39-21-29-43(30-22-39)51(41-25-17-37(3)18-26-41)45-33-35-46(36-34-45)52(42-27-19-38(4)20-28-42)44-31-23-40(24-32-44)48(50)16-14-12-10-8-6-2/h17-36,47-48H,5-16,49-50H2,1-4H3. The van der Waals surface area contributed by atoms with E-state index in [4.69, 9.17) is 11.5 Å². The molecule has 4 N–H and O–H groups in total. The van der Waals surface area contributed by atoms with Gasteiger partial charge in [0.05, 0.1) is 0 Å². The van der Waals surface area contributed by atoms with Gasteiger partial charge in [-0.15, -0.1) is 0 Å². The molecule has 0 aliphatic heterocycles. The molecule has 2 unspecified atom stereocenters. The average molecular weight is 695 g/mol. The molecular formula is C48H62N4. The molecular weight excluding hydrogens is 633 g/mol. The van der Waals surface area contributed by atoms with Crippen molar-refractivity contribution in [2.24, 2.45) is 11.5 Å². The first-order valence-corrected chi connectivity index (χ1v) is 19.9. The van der Waals surface area contributed by atoms with Crippen molar-refractivity contribution in [1.29, 1.82) is 0 Å². The van der Waals surface area contributed by atoms with Crippen LogP contribution in [0.1, 0.15) is 125 Å². The average Bonchev–Trinajstić information content (AvgIpc) is 3.17. The third kappa shape index (κ3) is 10.8. The van der Waals surface area contributed by atoms with E-state index in [1.165, 1.54) is 86.5 Å². The van der Waals surface area contributed by atoms with Gasteiger partial charge >= 0.3 is 0 Å². The molecule has 2 atom stereocenters. The van der Waals surface area contributed by atoms with Crippen LogP contribution in [0.5, 0.6) is 0 Å². The maximum absolute atomic E-state index is 6.66. The van der Waals surface area contributed by atoms with Gasteiger partial charge in [-0.3, -0.25) is 0 Å². The van der Waals surface area contributed by atoms with Crippen molar-refractivity contribution in [1.82, 2.24) is 0 Å². The first kappa shape index (κ1) is 38.8. The Balaban J connectivity index is 1.40. The summed E-state index contributed by atoms with van der Waals surface area (Å²) >= 11 is 0. The summed E-state index contributed by atoms with van der Waals surface area (Å²) in [5.41, 5.74) is 24.9. The minimum Gasteiger partial charge on any atom is -0.324 e. The lowest BCUT2D eigenvalue weighted by atomic mass is 10.00. The third-order valence-corrected chi connectivity index (χ3v) is 10.3. The summed E-state index contributed by atoms with van der Waals surface area (Å²) in [6.07, 6.45) is 14.7. The molecule has 5 aromatic carbocycles.